The first-order valence-corrected chi connectivity index (χ1v) is 6.26. The Bertz CT molecular complexity index is 330. The molecule has 0 aromatic heterocycles. The molecule has 1 fully saturated rings. The van der Waals surface area contributed by atoms with Crippen LogP contribution in [0.1, 0.15) is 33.1 Å². The number of likely N-dealkylation sites (tertiary alicyclic amines) is 1. The highest BCUT2D eigenvalue weighted by molar-refractivity contribution is 7.80. The van der Waals surface area contributed by atoms with Gasteiger partial charge in [0.1, 0.15) is 11.8 Å². The van der Waals surface area contributed by atoms with Crippen molar-refractivity contribution >= 4 is 29.0 Å². The van der Waals surface area contributed by atoms with Gasteiger partial charge in [0.2, 0.25) is 0 Å². The Morgan fingerprint density at radius 1 is 1.53 bits per heavy atom. The summed E-state index contributed by atoms with van der Waals surface area (Å²) < 4.78 is 4.77. The van der Waals surface area contributed by atoms with Gasteiger partial charge in [0.25, 0.3) is 0 Å². The minimum Gasteiger partial charge on any atom is -0.467 e. The average Bonchev–Trinajstić information content (AvgIpc) is 2.74. The zero-order chi connectivity index (χ0) is 13.0. The van der Waals surface area contributed by atoms with Gasteiger partial charge in [-0.05, 0) is 19.8 Å². The maximum atomic E-state index is 11.6. The molecule has 0 bridgehead atoms. The molecular weight excluding hydrogens is 238 g/mol. The van der Waals surface area contributed by atoms with Crippen molar-refractivity contribution in [2.24, 2.45) is 5.92 Å². The normalized spacial score (nSPS) is 21.1. The molecular formula is C12H19NO3S. The van der Waals surface area contributed by atoms with Gasteiger partial charge in [-0.1, -0.05) is 19.1 Å². The number of ether oxygens (including phenoxy) is 1. The molecule has 0 radical (unpaired) electrons. The molecule has 1 rings (SSSR count). The molecule has 1 aliphatic rings. The number of rotatable bonds is 4. The molecule has 5 heteroatoms. The van der Waals surface area contributed by atoms with Crippen LogP contribution in [0.3, 0.4) is 0 Å². The molecule has 1 unspecified atom stereocenters. The number of carbonyl (C=O) groups is 2. The van der Waals surface area contributed by atoms with Gasteiger partial charge in [-0.3, -0.25) is 0 Å². The average molecular weight is 257 g/mol. The Balaban J connectivity index is 2.67. The second-order valence-electron chi connectivity index (χ2n) is 4.52. The molecule has 0 amide bonds. The highest BCUT2D eigenvalue weighted by atomic mass is 32.1. The first kappa shape index (κ1) is 14.1. The molecule has 1 aliphatic heterocycles. The molecule has 96 valence electrons. The number of esters is 1. The number of Topliss-reactive ketones (excluding diaryl/α,β-unsaturated/α-hetero) is 1. The Kier molecular flexibility index (Phi) is 5.05. The topological polar surface area (TPSA) is 46.6 Å². The van der Waals surface area contributed by atoms with Gasteiger partial charge in [0.05, 0.1) is 12.1 Å². The second-order valence-corrected chi connectivity index (χ2v) is 4.94. The number of ketones is 1. The van der Waals surface area contributed by atoms with Crippen LogP contribution in [0.4, 0.5) is 0 Å². The monoisotopic (exact) mass is 257 g/mol. The van der Waals surface area contributed by atoms with E-state index in [0.717, 1.165) is 19.4 Å². The highest BCUT2D eigenvalue weighted by Gasteiger charge is 2.34. The smallest absolute Gasteiger partial charge is 0.328 e. The van der Waals surface area contributed by atoms with Crippen LogP contribution in [0, 0.1) is 5.92 Å². The predicted octanol–water partition coefficient (Wildman–Crippen LogP) is 1.57. The van der Waals surface area contributed by atoms with E-state index in [1.807, 2.05) is 11.8 Å². The van der Waals surface area contributed by atoms with E-state index < -0.39 is 0 Å². The summed E-state index contributed by atoms with van der Waals surface area (Å²) in [5.41, 5.74) is 0. The lowest BCUT2D eigenvalue weighted by atomic mass is 10.0. The number of carbonyl (C=O) groups excluding carboxylic acids is 2. The van der Waals surface area contributed by atoms with E-state index in [1.54, 1.807) is 6.92 Å². The summed E-state index contributed by atoms with van der Waals surface area (Å²) in [4.78, 5) is 25.3. The second kappa shape index (κ2) is 6.10. The zero-order valence-electron chi connectivity index (χ0n) is 10.6. The predicted molar refractivity (Wildman–Crippen MR) is 68.8 cm³/mol. The van der Waals surface area contributed by atoms with Crippen molar-refractivity contribution in [3.8, 4) is 0 Å². The summed E-state index contributed by atoms with van der Waals surface area (Å²) in [5.74, 6) is -0.110. The molecule has 0 aliphatic carbocycles. The quantitative estimate of drug-likeness (QED) is 0.565. The van der Waals surface area contributed by atoms with E-state index in [2.05, 4.69) is 0 Å². The summed E-state index contributed by atoms with van der Waals surface area (Å²) in [6.07, 6.45) is 2.15. The van der Waals surface area contributed by atoms with E-state index in [4.69, 9.17) is 17.0 Å². The third kappa shape index (κ3) is 3.49. The Morgan fingerprint density at radius 2 is 2.18 bits per heavy atom. The standard InChI is InChI=1S/C12H19NO3S/c1-8(7-9(2)14)11(17)13-6-4-5-10(13)12(15)16-3/h8,10H,4-7H2,1-3H3/t8?,10-/m0/s1. The van der Waals surface area contributed by atoms with Crippen LogP contribution in [0.15, 0.2) is 0 Å². The molecule has 1 saturated heterocycles. The van der Waals surface area contributed by atoms with Crippen molar-refractivity contribution in [2.45, 2.75) is 39.2 Å². The molecule has 0 spiro atoms. The third-order valence-electron chi connectivity index (χ3n) is 3.02. The largest absolute Gasteiger partial charge is 0.467 e. The van der Waals surface area contributed by atoms with Crippen LogP contribution in [-0.2, 0) is 14.3 Å². The van der Waals surface area contributed by atoms with Gasteiger partial charge in [-0.25, -0.2) is 4.79 Å². The zero-order valence-corrected chi connectivity index (χ0v) is 11.4. The van der Waals surface area contributed by atoms with E-state index >= 15 is 0 Å². The van der Waals surface area contributed by atoms with Gasteiger partial charge in [0, 0.05) is 18.9 Å². The molecule has 0 aromatic rings. The molecule has 0 N–H and O–H groups in total. The van der Waals surface area contributed by atoms with E-state index in [9.17, 15) is 9.59 Å². The van der Waals surface area contributed by atoms with Gasteiger partial charge in [0.15, 0.2) is 0 Å². The van der Waals surface area contributed by atoms with Crippen molar-refractivity contribution in [2.75, 3.05) is 13.7 Å². The fraction of sp³-hybridized carbons (Fsp3) is 0.750. The van der Waals surface area contributed by atoms with Crippen LogP contribution in [0.25, 0.3) is 0 Å². The number of hydrogen-bond acceptors (Lipinski definition) is 4. The van der Waals surface area contributed by atoms with Crippen molar-refractivity contribution in [1.82, 2.24) is 4.90 Å². The SMILES string of the molecule is COC(=O)[C@@H]1CCCN1C(=S)C(C)CC(C)=O. The number of nitrogens with zero attached hydrogens (tertiary/aromatic N) is 1. The van der Waals surface area contributed by atoms with Gasteiger partial charge < -0.3 is 14.4 Å². The van der Waals surface area contributed by atoms with E-state index in [-0.39, 0.29) is 23.7 Å². The maximum Gasteiger partial charge on any atom is 0.328 e. The van der Waals surface area contributed by atoms with E-state index in [0.29, 0.717) is 11.4 Å². The van der Waals surface area contributed by atoms with Crippen LogP contribution in [0.2, 0.25) is 0 Å². The lowest BCUT2D eigenvalue weighted by molar-refractivity contribution is -0.144. The Morgan fingerprint density at radius 3 is 2.71 bits per heavy atom. The Hall–Kier alpha value is -0.970. The Labute approximate surface area is 107 Å². The maximum absolute atomic E-state index is 11.6. The van der Waals surface area contributed by atoms with Crippen LogP contribution in [0.5, 0.6) is 0 Å². The van der Waals surface area contributed by atoms with Crippen molar-refractivity contribution in [3.63, 3.8) is 0 Å². The van der Waals surface area contributed by atoms with Crippen molar-refractivity contribution in [3.05, 3.63) is 0 Å². The first-order valence-electron chi connectivity index (χ1n) is 5.85. The van der Waals surface area contributed by atoms with Gasteiger partial charge >= 0.3 is 5.97 Å². The number of methoxy groups -OCH3 is 1. The van der Waals surface area contributed by atoms with Crippen LogP contribution in [-0.4, -0.2) is 41.3 Å². The highest BCUT2D eigenvalue weighted by Crippen LogP contribution is 2.23. The van der Waals surface area contributed by atoms with Crippen molar-refractivity contribution < 1.29 is 14.3 Å². The fourth-order valence-corrected chi connectivity index (χ4v) is 2.52. The van der Waals surface area contributed by atoms with Gasteiger partial charge in [-0.15, -0.1) is 0 Å². The molecule has 0 saturated carbocycles. The molecule has 17 heavy (non-hydrogen) atoms. The lowest BCUT2D eigenvalue weighted by Crippen LogP contribution is -2.42. The minimum absolute atomic E-state index is 0.00718. The number of thiocarbonyl (C=S) groups is 1. The summed E-state index contributed by atoms with van der Waals surface area (Å²) in [6.45, 7) is 4.26. The number of hydrogen-bond donors (Lipinski definition) is 0. The summed E-state index contributed by atoms with van der Waals surface area (Å²) in [6, 6.07) is -0.262. The van der Waals surface area contributed by atoms with Gasteiger partial charge in [-0.2, -0.15) is 0 Å². The fourth-order valence-electron chi connectivity index (χ4n) is 2.21. The van der Waals surface area contributed by atoms with E-state index in [1.165, 1.54) is 7.11 Å². The van der Waals surface area contributed by atoms with Crippen molar-refractivity contribution in [1.29, 1.82) is 0 Å². The third-order valence-corrected chi connectivity index (χ3v) is 3.66. The molecule has 1 heterocycles. The first-order chi connectivity index (χ1) is 7.97. The molecule has 4 nitrogen and oxygen atoms in total. The summed E-state index contributed by atoms with van der Waals surface area (Å²) in [5, 5.41) is 0. The molecule has 2 atom stereocenters. The van der Waals surface area contributed by atoms with Crippen LogP contribution < -0.4 is 0 Å². The minimum atomic E-state index is -0.262. The summed E-state index contributed by atoms with van der Waals surface area (Å²) >= 11 is 5.37. The lowest BCUT2D eigenvalue weighted by Gasteiger charge is -2.28. The van der Waals surface area contributed by atoms with Crippen LogP contribution >= 0.6 is 12.2 Å². The molecule has 0 aromatic carbocycles. The summed E-state index contributed by atoms with van der Waals surface area (Å²) in [7, 11) is 1.39.